The van der Waals surface area contributed by atoms with E-state index in [4.69, 9.17) is 0 Å². The van der Waals surface area contributed by atoms with Crippen molar-refractivity contribution < 1.29 is 0 Å². The first-order valence-corrected chi connectivity index (χ1v) is 6.59. The largest absolute Gasteiger partial charge is 0.305 e. The van der Waals surface area contributed by atoms with Gasteiger partial charge in [0.15, 0.2) is 5.82 Å². The second-order valence-electron chi connectivity index (χ2n) is 7.15. The van der Waals surface area contributed by atoms with Gasteiger partial charge in [-0.25, -0.2) is 4.68 Å². The maximum Gasteiger partial charge on any atom is 0.165 e. The van der Waals surface area contributed by atoms with Gasteiger partial charge >= 0.3 is 0 Å². The number of aromatic nitrogens is 4. The van der Waals surface area contributed by atoms with E-state index in [-0.39, 0.29) is 11.0 Å². The van der Waals surface area contributed by atoms with Crippen molar-refractivity contribution in [1.82, 2.24) is 25.5 Å². The van der Waals surface area contributed by atoms with E-state index in [1.807, 2.05) is 4.68 Å². The Bertz CT molecular complexity index is 369. The molecule has 18 heavy (non-hydrogen) atoms. The molecule has 1 rings (SSSR count). The first kappa shape index (κ1) is 15.1. The van der Waals surface area contributed by atoms with E-state index in [1.54, 1.807) is 0 Å². The summed E-state index contributed by atoms with van der Waals surface area (Å²) >= 11 is 0. The van der Waals surface area contributed by atoms with Gasteiger partial charge in [-0.1, -0.05) is 27.7 Å². The summed E-state index contributed by atoms with van der Waals surface area (Å²) in [4.78, 5) is 0. The van der Waals surface area contributed by atoms with Crippen LogP contribution in [0.4, 0.5) is 0 Å². The van der Waals surface area contributed by atoms with Gasteiger partial charge in [0.2, 0.25) is 0 Å². The molecular formula is C13H27N5. The lowest BCUT2D eigenvalue weighted by atomic mass is 9.82. The fourth-order valence-corrected chi connectivity index (χ4v) is 1.37. The van der Waals surface area contributed by atoms with Crippen molar-refractivity contribution >= 4 is 0 Å². The molecule has 1 heterocycles. The highest BCUT2D eigenvalue weighted by molar-refractivity contribution is 4.84. The minimum atomic E-state index is 0.0758. The average molecular weight is 253 g/mol. The van der Waals surface area contributed by atoms with E-state index >= 15 is 0 Å². The Morgan fingerprint density at radius 2 is 1.78 bits per heavy atom. The Labute approximate surface area is 110 Å². The van der Waals surface area contributed by atoms with Crippen LogP contribution in [-0.2, 0) is 13.1 Å². The third kappa shape index (κ3) is 4.72. The summed E-state index contributed by atoms with van der Waals surface area (Å²) in [5.41, 5.74) is 0.340. The van der Waals surface area contributed by atoms with Gasteiger partial charge in [0.25, 0.3) is 0 Å². The lowest BCUT2D eigenvalue weighted by Gasteiger charge is -2.27. The van der Waals surface area contributed by atoms with Crippen LogP contribution in [0.1, 0.15) is 54.3 Å². The highest BCUT2D eigenvalue weighted by atomic mass is 15.5. The first-order chi connectivity index (χ1) is 8.09. The summed E-state index contributed by atoms with van der Waals surface area (Å²) in [7, 11) is 0. The normalized spacial score (nSPS) is 14.8. The van der Waals surface area contributed by atoms with Crippen LogP contribution in [0.25, 0.3) is 0 Å². The highest BCUT2D eigenvalue weighted by Crippen LogP contribution is 2.26. The molecule has 0 fully saturated rings. The molecule has 1 aromatic rings. The SMILES string of the molecule is CC(Cn1nnnc1CNC(C)(C)C)C(C)(C)C. The minimum absolute atomic E-state index is 0.0758. The molecule has 5 heteroatoms. The van der Waals surface area contributed by atoms with E-state index in [9.17, 15) is 0 Å². The third-order valence-corrected chi connectivity index (χ3v) is 3.31. The van der Waals surface area contributed by atoms with Crippen LogP contribution in [0, 0.1) is 11.3 Å². The number of nitrogens with zero attached hydrogens (tertiary/aromatic N) is 4. The molecule has 1 N–H and O–H groups in total. The summed E-state index contributed by atoms with van der Waals surface area (Å²) < 4.78 is 1.91. The van der Waals surface area contributed by atoms with Crippen molar-refractivity contribution in [1.29, 1.82) is 0 Å². The van der Waals surface area contributed by atoms with E-state index in [2.05, 4.69) is 69.3 Å². The van der Waals surface area contributed by atoms with Crippen molar-refractivity contribution in [2.75, 3.05) is 0 Å². The Kier molecular flexibility index (Phi) is 4.48. The van der Waals surface area contributed by atoms with Crippen molar-refractivity contribution in [3.8, 4) is 0 Å². The first-order valence-electron chi connectivity index (χ1n) is 6.59. The number of hydrogen-bond acceptors (Lipinski definition) is 4. The smallest absolute Gasteiger partial charge is 0.165 e. The Balaban J connectivity index is 2.66. The lowest BCUT2D eigenvalue weighted by molar-refractivity contribution is 0.221. The van der Waals surface area contributed by atoms with Gasteiger partial charge < -0.3 is 5.32 Å². The summed E-state index contributed by atoms with van der Waals surface area (Å²) in [6, 6.07) is 0. The van der Waals surface area contributed by atoms with Gasteiger partial charge in [-0.05, 0) is 42.5 Å². The molecule has 0 bridgehead atoms. The lowest BCUT2D eigenvalue weighted by Crippen LogP contribution is -2.36. The zero-order valence-corrected chi connectivity index (χ0v) is 12.8. The number of nitrogens with one attached hydrogen (secondary N) is 1. The molecule has 1 unspecified atom stereocenters. The van der Waals surface area contributed by atoms with Gasteiger partial charge in [-0.2, -0.15) is 0 Å². The molecule has 0 aliphatic rings. The predicted molar refractivity (Wildman–Crippen MR) is 73.0 cm³/mol. The second-order valence-corrected chi connectivity index (χ2v) is 7.15. The maximum atomic E-state index is 4.09. The molecule has 0 radical (unpaired) electrons. The van der Waals surface area contributed by atoms with E-state index in [0.29, 0.717) is 12.5 Å². The molecule has 0 aromatic carbocycles. The number of hydrogen-bond donors (Lipinski definition) is 1. The quantitative estimate of drug-likeness (QED) is 0.894. The molecule has 1 atom stereocenters. The van der Waals surface area contributed by atoms with Gasteiger partial charge in [0, 0.05) is 12.1 Å². The van der Waals surface area contributed by atoms with E-state index in [1.165, 1.54) is 0 Å². The Hall–Kier alpha value is -0.970. The summed E-state index contributed by atoms with van der Waals surface area (Å²) in [5.74, 6) is 1.43. The average Bonchev–Trinajstić information content (AvgIpc) is 2.59. The van der Waals surface area contributed by atoms with Crippen LogP contribution < -0.4 is 5.32 Å². The number of tetrazole rings is 1. The Morgan fingerprint density at radius 1 is 1.17 bits per heavy atom. The van der Waals surface area contributed by atoms with E-state index < -0.39 is 0 Å². The standard InChI is InChI=1S/C13H27N5/c1-10(12(2,3)4)9-18-11(15-16-17-18)8-14-13(5,6)7/h10,14H,8-9H2,1-7H3. The second kappa shape index (κ2) is 5.34. The van der Waals surface area contributed by atoms with Gasteiger partial charge in [-0.15, -0.1) is 5.10 Å². The monoisotopic (exact) mass is 253 g/mol. The summed E-state index contributed by atoms with van der Waals surface area (Å²) in [6.45, 7) is 16.9. The van der Waals surface area contributed by atoms with Crippen molar-refractivity contribution in [3.05, 3.63) is 5.82 Å². The summed E-state index contributed by atoms with van der Waals surface area (Å²) in [5, 5.41) is 15.4. The molecule has 0 aliphatic heterocycles. The van der Waals surface area contributed by atoms with Crippen molar-refractivity contribution in [3.63, 3.8) is 0 Å². The van der Waals surface area contributed by atoms with Crippen LogP contribution in [0.5, 0.6) is 0 Å². The fraction of sp³-hybridized carbons (Fsp3) is 0.923. The number of rotatable bonds is 4. The fourth-order valence-electron chi connectivity index (χ4n) is 1.37. The van der Waals surface area contributed by atoms with E-state index in [0.717, 1.165) is 12.4 Å². The molecule has 0 amide bonds. The molecule has 1 aromatic heterocycles. The van der Waals surface area contributed by atoms with Gasteiger partial charge in [0.05, 0.1) is 6.54 Å². The zero-order chi connectivity index (χ0) is 14.0. The van der Waals surface area contributed by atoms with Crippen LogP contribution in [0.3, 0.4) is 0 Å². The molecule has 0 saturated carbocycles. The minimum Gasteiger partial charge on any atom is -0.305 e. The molecule has 0 saturated heterocycles. The topological polar surface area (TPSA) is 55.6 Å². The van der Waals surface area contributed by atoms with Crippen LogP contribution in [0.2, 0.25) is 0 Å². The molecule has 0 spiro atoms. The van der Waals surface area contributed by atoms with Gasteiger partial charge in [-0.3, -0.25) is 0 Å². The predicted octanol–water partition coefficient (Wildman–Crippen LogP) is 2.24. The maximum absolute atomic E-state index is 4.09. The summed E-state index contributed by atoms with van der Waals surface area (Å²) in [6.07, 6.45) is 0. The van der Waals surface area contributed by atoms with Gasteiger partial charge in [0.1, 0.15) is 0 Å². The zero-order valence-electron chi connectivity index (χ0n) is 12.8. The molecule has 104 valence electrons. The van der Waals surface area contributed by atoms with Crippen LogP contribution in [0.15, 0.2) is 0 Å². The van der Waals surface area contributed by atoms with Crippen molar-refractivity contribution in [2.24, 2.45) is 11.3 Å². The molecule has 5 nitrogen and oxygen atoms in total. The molecular weight excluding hydrogens is 226 g/mol. The third-order valence-electron chi connectivity index (χ3n) is 3.31. The highest BCUT2D eigenvalue weighted by Gasteiger charge is 2.22. The molecule has 0 aliphatic carbocycles. The van der Waals surface area contributed by atoms with Crippen LogP contribution in [-0.4, -0.2) is 25.7 Å². The van der Waals surface area contributed by atoms with Crippen LogP contribution >= 0.6 is 0 Å². The Morgan fingerprint density at radius 3 is 2.28 bits per heavy atom. The van der Waals surface area contributed by atoms with Crippen molar-refractivity contribution in [2.45, 2.75) is 67.1 Å².